The van der Waals surface area contributed by atoms with Crippen LogP contribution in [0.15, 0.2) is 23.7 Å². The van der Waals surface area contributed by atoms with E-state index >= 15 is 0 Å². The fraction of sp³-hybridized carbons (Fsp3) is 0.250. The van der Waals surface area contributed by atoms with Gasteiger partial charge in [-0.1, -0.05) is 11.6 Å². The van der Waals surface area contributed by atoms with Crippen LogP contribution in [0.25, 0.3) is 0 Å². The molecule has 0 fully saturated rings. The summed E-state index contributed by atoms with van der Waals surface area (Å²) in [5, 5.41) is 3.66. The number of nitrogens with one attached hydrogen (secondary N) is 1. The molecule has 17 heavy (non-hydrogen) atoms. The van der Waals surface area contributed by atoms with Crippen LogP contribution in [0.5, 0.6) is 0 Å². The molecule has 5 heteroatoms. The van der Waals surface area contributed by atoms with E-state index in [-0.39, 0.29) is 5.82 Å². The van der Waals surface area contributed by atoms with Crippen LogP contribution in [0.4, 0.5) is 10.1 Å². The van der Waals surface area contributed by atoms with Crippen molar-refractivity contribution in [2.75, 3.05) is 11.9 Å². The van der Waals surface area contributed by atoms with Crippen molar-refractivity contribution < 1.29 is 4.39 Å². The van der Waals surface area contributed by atoms with E-state index in [0.717, 1.165) is 12.1 Å². The third-order valence-corrected chi connectivity index (χ3v) is 3.77. The van der Waals surface area contributed by atoms with Gasteiger partial charge in [-0.2, -0.15) is 0 Å². The Morgan fingerprint density at radius 1 is 1.47 bits per heavy atom. The van der Waals surface area contributed by atoms with Crippen LogP contribution in [-0.4, -0.2) is 11.5 Å². The monoisotopic (exact) mass is 270 g/mol. The summed E-state index contributed by atoms with van der Waals surface area (Å²) in [6.07, 6.45) is 0.864. The Balaban J connectivity index is 1.94. The van der Waals surface area contributed by atoms with Crippen molar-refractivity contribution in [1.29, 1.82) is 0 Å². The number of anilines is 1. The first-order chi connectivity index (χ1) is 8.16. The molecular formula is C12H12ClFN2S. The number of aromatic nitrogens is 1. The van der Waals surface area contributed by atoms with Gasteiger partial charge in [0, 0.05) is 17.8 Å². The normalized spacial score (nSPS) is 10.5. The summed E-state index contributed by atoms with van der Waals surface area (Å²) in [7, 11) is 0. The highest BCUT2D eigenvalue weighted by Crippen LogP contribution is 2.22. The summed E-state index contributed by atoms with van der Waals surface area (Å²) in [6, 6.07) is 4.31. The van der Waals surface area contributed by atoms with Crippen LogP contribution >= 0.6 is 22.9 Å². The van der Waals surface area contributed by atoms with E-state index in [9.17, 15) is 4.39 Å². The van der Waals surface area contributed by atoms with Gasteiger partial charge in [0.2, 0.25) is 0 Å². The molecule has 0 aliphatic rings. The molecule has 1 aromatic heterocycles. The predicted molar refractivity (Wildman–Crippen MR) is 70.5 cm³/mol. The number of halogens is 2. The first-order valence-electron chi connectivity index (χ1n) is 5.24. The molecule has 0 saturated carbocycles. The quantitative estimate of drug-likeness (QED) is 0.911. The van der Waals surface area contributed by atoms with Crippen molar-refractivity contribution in [2.45, 2.75) is 13.3 Å². The number of aryl methyl sites for hydroxylation is 1. The number of hydrogen-bond donors (Lipinski definition) is 1. The van der Waals surface area contributed by atoms with Gasteiger partial charge >= 0.3 is 0 Å². The van der Waals surface area contributed by atoms with Gasteiger partial charge in [0.15, 0.2) is 0 Å². The summed E-state index contributed by atoms with van der Waals surface area (Å²) in [4.78, 5) is 5.42. The molecule has 0 aliphatic carbocycles. The summed E-state index contributed by atoms with van der Waals surface area (Å²) >= 11 is 7.58. The lowest BCUT2D eigenvalue weighted by Gasteiger charge is -2.07. The van der Waals surface area contributed by atoms with Gasteiger partial charge in [-0.25, -0.2) is 9.37 Å². The zero-order valence-corrected chi connectivity index (χ0v) is 10.9. The zero-order chi connectivity index (χ0) is 12.3. The van der Waals surface area contributed by atoms with Gasteiger partial charge in [-0.05, 0) is 25.1 Å². The van der Waals surface area contributed by atoms with E-state index in [1.807, 2.05) is 12.4 Å². The molecule has 2 rings (SSSR count). The van der Waals surface area contributed by atoms with Crippen LogP contribution in [0.3, 0.4) is 0 Å². The first-order valence-corrected chi connectivity index (χ1v) is 6.50. The second-order valence-electron chi connectivity index (χ2n) is 3.66. The molecule has 2 nitrogen and oxygen atoms in total. The van der Waals surface area contributed by atoms with E-state index in [4.69, 9.17) is 11.6 Å². The minimum absolute atomic E-state index is 0.286. The lowest BCUT2D eigenvalue weighted by molar-refractivity contribution is 0.628. The van der Waals surface area contributed by atoms with Gasteiger partial charge in [0.1, 0.15) is 5.82 Å². The highest BCUT2D eigenvalue weighted by atomic mass is 35.5. The van der Waals surface area contributed by atoms with Gasteiger partial charge in [-0.3, -0.25) is 0 Å². The van der Waals surface area contributed by atoms with E-state index in [0.29, 0.717) is 17.3 Å². The maximum atomic E-state index is 13.0. The van der Waals surface area contributed by atoms with E-state index in [2.05, 4.69) is 10.3 Å². The molecule has 0 radical (unpaired) electrons. The standard InChI is InChI=1S/C12H12ClFN2S/c1-8-12(17-7-16-8)4-5-15-11-6-9(14)2-3-10(11)13/h2-3,6-7,15H,4-5H2,1H3. The van der Waals surface area contributed by atoms with Crippen molar-refractivity contribution in [1.82, 2.24) is 4.98 Å². The number of hydrogen-bond acceptors (Lipinski definition) is 3. The summed E-state index contributed by atoms with van der Waals surface area (Å²) in [5.74, 6) is -0.286. The van der Waals surface area contributed by atoms with Crippen LogP contribution < -0.4 is 5.32 Å². The lowest BCUT2D eigenvalue weighted by Crippen LogP contribution is -2.05. The van der Waals surface area contributed by atoms with Crippen molar-refractivity contribution in [2.24, 2.45) is 0 Å². The maximum Gasteiger partial charge on any atom is 0.125 e. The summed E-state index contributed by atoms with van der Waals surface area (Å²) in [6.45, 7) is 2.70. The average molecular weight is 271 g/mol. The van der Waals surface area contributed by atoms with Gasteiger partial charge in [-0.15, -0.1) is 11.3 Å². The molecule has 0 aliphatic heterocycles. The van der Waals surface area contributed by atoms with Gasteiger partial charge in [0.05, 0.1) is 21.9 Å². The smallest absolute Gasteiger partial charge is 0.125 e. The van der Waals surface area contributed by atoms with Crippen LogP contribution in [0, 0.1) is 12.7 Å². The highest BCUT2D eigenvalue weighted by molar-refractivity contribution is 7.09. The number of nitrogens with zero attached hydrogens (tertiary/aromatic N) is 1. The molecule has 0 atom stereocenters. The van der Waals surface area contributed by atoms with Crippen LogP contribution in [0.2, 0.25) is 5.02 Å². The molecular weight excluding hydrogens is 259 g/mol. The second-order valence-corrected chi connectivity index (χ2v) is 5.01. The molecule has 0 bridgehead atoms. The molecule has 0 spiro atoms. The molecule has 0 amide bonds. The minimum Gasteiger partial charge on any atom is -0.383 e. The minimum atomic E-state index is -0.286. The fourth-order valence-electron chi connectivity index (χ4n) is 1.51. The Labute approximate surface area is 108 Å². The van der Waals surface area contributed by atoms with Crippen molar-refractivity contribution >= 4 is 28.6 Å². The molecule has 90 valence electrons. The van der Waals surface area contributed by atoms with E-state index in [1.54, 1.807) is 17.4 Å². The van der Waals surface area contributed by atoms with Crippen molar-refractivity contribution in [3.63, 3.8) is 0 Å². The predicted octanol–water partition coefficient (Wildman–Crippen LogP) is 3.90. The van der Waals surface area contributed by atoms with E-state index in [1.165, 1.54) is 17.0 Å². The third-order valence-electron chi connectivity index (χ3n) is 2.44. The van der Waals surface area contributed by atoms with Crippen LogP contribution in [0.1, 0.15) is 10.6 Å². The molecule has 2 aromatic rings. The Morgan fingerprint density at radius 2 is 2.29 bits per heavy atom. The van der Waals surface area contributed by atoms with Crippen LogP contribution in [-0.2, 0) is 6.42 Å². The molecule has 0 unspecified atom stereocenters. The average Bonchev–Trinajstić information content (AvgIpc) is 2.70. The molecule has 1 N–H and O–H groups in total. The topological polar surface area (TPSA) is 24.9 Å². The molecule has 0 saturated heterocycles. The maximum absolute atomic E-state index is 13.0. The zero-order valence-electron chi connectivity index (χ0n) is 9.34. The second kappa shape index (κ2) is 5.47. The first kappa shape index (κ1) is 12.3. The lowest BCUT2D eigenvalue weighted by atomic mass is 10.2. The van der Waals surface area contributed by atoms with Gasteiger partial charge in [0.25, 0.3) is 0 Å². The number of benzene rings is 1. The SMILES string of the molecule is Cc1ncsc1CCNc1cc(F)ccc1Cl. The largest absolute Gasteiger partial charge is 0.383 e. The number of rotatable bonds is 4. The Morgan fingerprint density at radius 3 is 3.00 bits per heavy atom. The Hall–Kier alpha value is -1.13. The summed E-state index contributed by atoms with van der Waals surface area (Å²) < 4.78 is 13.0. The Kier molecular flexibility index (Phi) is 3.97. The van der Waals surface area contributed by atoms with Crippen molar-refractivity contribution in [3.8, 4) is 0 Å². The van der Waals surface area contributed by atoms with Gasteiger partial charge < -0.3 is 5.32 Å². The highest BCUT2D eigenvalue weighted by Gasteiger charge is 2.03. The Bertz CT molecular complexity index is 513. The third kappa shape index (κ3) is 3.17. The molecule has 1 aromatic carbocycles. The molecule has 1 heterocycles. The fourth-order valence-corrected chi connectivity index (χ4v) is 2.48. The van der Waals surface area contributed by atoms with Crippen molar-refractivity contribution in [3.05, 3.63) is 45.1 Å². The number of thiazole rings is 1. The summed E-state index contributed by atoms with van der Waals surface area (Å²) in [5.41, 5.74) is 3.52. The van der Waals surface area contributed by atoms with E-state index < -0.39 is 0 Å².